The Morgan fingerprint density at radius 3 is 2.77 bits per heavy atom. The van der Waals surface area contributed by atoms with E-state index in [0.717, 1.165) is 32.0 Å². The van der Waals surface area contributed by atoms with Gasteiger partial charge in [0, 0.05) is 31.5 Å². The maximum atomic E-state index is 5.16. The Kier molecular flexibility index (Phi) is 7.43. The fourth-order valence-corrected chi connectivity index (χ4v) is 3.34. The standard InChI is InChI=1S/C19H27N5O.HI/c1-4-20-18(21-12-10-17-22-15(2)23-25-17)24-13-11-19(3,14-24)16-8-6-5-7-9-16;/h5-9H,4,10-14H2,1-3H3,(H,20,21);1H. The molecule has 1 N–H and O–H groups in total. The largest absolute Gasteiger partial charge is 0.357 e. The number of nitrogens with one attached hydrogen (secondary N) is 1. The number of hydrogen-bond donors (Lipinski definition) is 1. The Hall–Kier alpha value is -1.64. The van der Waals surface area contributed by atoms with Crippen LogP contribution in [0.4, 0.5) is 0 Å². The lowest BCUT2D eigenvalue weighted by molar-refractivity contribution is 0.375. The maximum Gasteiger partial charge on any atom is 0.228 e. The lowest BCUT2D eigenvalue weighted by Crippen LogP contribution is -2.41. The molecule has 2 heterocycles. The van der Waals surface area contributed by atoms with Gasteiger partial charge in [-0.2, -0.15) is 4.98 Å². The minimum Gasteiger partial charge on any atom is -0.357 e. The molecule has 1 aliphatic rings. The molecule has 1 aromatic carbocycles. The van der Waals surface area contributed by atoms with Gasteiger partial charge in [-0.15, -0.1) is 24.0 Å². The Labute approximate surface area is 172 Å². The molecule has 0 amide bonds. The molecule has 6 nitrogen and oxygen atoms in total. The number of nitrogens with zero attached hydrogens (tertiary/aromatic N) is 4. The van der Waals surface area contributed by atoms with Gasteiger partial charge in [0.2, 0.25) is 5.89 Å². The summed E-state index contributed by atoms with van der Waals surface area (Å²) in [6, 6.07) is 10.8. The zero-order valence-corrected chi connectivity index (χ0v) is 18.1. The molecular formula is C19H28IN5O. The zero-order valence-electron chi connectivity index (χ0n) is 15.7. The zero-order chi connectivity index (χ0) is 17.7. The quantitative estimate of drug-likeness (QED) is 0.414. The van der Waals surface area contributed by atoms with Gasteiger partial charge in [-0.1, -0.05) is 42.4 Å². The van der Waals surface area contributed by atoms with E-state index in [1.54, 1.807) is 0 Å². The first kappa shape index (κ1) is 20.7. The molecule has 7 heteroatoms. The molecule has 2 aromatic rings. The van der Waals surface area contributed by atoms with Crippen LogP contribution in [0, 0.1) is 6.92 Å². The van der Waals surface area contributed by atoms with Crippen molar-refractivity contribution in [3.63, 3.8) is 0 Å². The summed E-state index contributed by atoms with van der Waals surface area (Å²) in [5, 5.41) is 7.23. The third-order valence-electron chi connectivity index (χ3n) is 4.74. The first-order chi connectivity index (χ1) is 12.1. The van der Waals surface area contributed by atoms with Gasteiger partial charge in [-0.3, -0.25) is 4.99 Å². The third kappa shape index (κ3) is 4.96. The van der Waals surface area contributed by atoms with Crippen LogP contribution in [0.3, 0.4) is 0 Å². The average molecular weight is 469 g/mol. The summed E-state index contributed by atoms with van der Waals surface area (Å²) < 4.78 is 5.16. The second-order valence-corrected chi connectivity index (χ2v) is 6.82. The molecule has 3 rings (SSSR count). The highest BCUT2D eigenvalue weighted by atomic mass is 127. The first-order valence-electron chi connectivity index (χ1n) is 8.99. The molecule has 1 saturated heterocycles. The molecule has 26 heavy (non-hydrogen) atoms. The normalized spacial score (nSPS) is 20.1. The van der Waals surface area contributed by atoms with Crippen molar-refractivity contribution in [3.05, 3.63) is 47.6 Å². The maximum absolute atomic E-state index is 5.16. The van der Waals surface area contributed by atoms with E-state index >= 15 is 0 Å². The van der Waals surface area contributed by atoms with E-state index in [9.17, 15) is 0 Å². The number of aliphatic imine (C=N–C) groups is 1. The number of aromatic nitrogens is 2. The van der Waals surface area contributed by atoms with Gasteiger partial charge < -0.3 is 14.7 Å². The minimum absolute atomic E-state index is 0. The van der Waals surface area contributed by atoms with Crippen molar-refractivity contribution in [2.45, 2.75) is 39.0 Å². The molecular weight excluding hydrogens is 441 g/mol. The Balaban J connectivity index is 0.00000243. The second-order valence-electron chi connectivity index (χ2n) is 6.82. The summed E-state index contributed by atoms with van der Waals surface area (Å²) in [6.45, 7) is 9.75. The molecule has 0 saturated carbocycles. The van der Waals surface area contributed by atoms with E-state index in [4.69, 9.17) is 9.52 Å². The fraction of sp³-hybridized carbons (Fsp3) is 0.526. The van der Waals surface area contributed by atoms with Gasteiger partial charge in [0.25, 0.3) is 0 Å². The number of benzene rings is 1. The number of rotatable bonds is 5. The van der Waals surface area contributed by atoms with Crippen LogP contribution >= 0.6 is 24.0 Å². The SMILES string of the molecule is CCNC(=NCCc1nc(C)no1)N1CCC(C)(c2ccccc2)C1.I. The van der Waals surface area contributed by atoms with Gasteiger partial charge >= 0.3 is 0 Å². The number of likely N-dealkylation sites (tertiary alicyclic amines) is 1. The Morgan fingerprint density at radius 2 is 2.12 bits per heavy atom. The third-order valence-corrected chi connectivity index (χ3v) is 4.74. The topological polar surface area (TPSA) is 66.5 Å². The molecule has 0 aliphatic carbocycles. The summed E-state index contributed by atoms with van der Waals surface area (Å²) in [4.78, 5) is 11.4. The second kappa shape index (κ2) is 9.34. The van der Waals surface area contributed by atoms with Crippen LogP contribution < -0.4 is 5.32 Å². The van der Waals surface area contributed by atoms with E-state index in [1.807, 2.05) is 6.92 Å². The smallest absolute Gasteiger partial charge is 0.228 e. The van der Waals surface area contributed by atoms with E-state index in [2.05, 4.69) is 64.5 Å². The van der Waals surface area contributed by atoms with Crippen LogP contribution in [0.15, 0.2) is 39.8 Å². The summed E-state index contributed by atoms with van der Waals surface area (Å²) in [7, 11) is 0. The van der Waals surface area contributed by atoms with Gasteiger partial charge in [0.1, 0.15) is 0 Å². The van der Waals surface area contributed by atoms with E-state index in [-0.39, 0.29) is 29.4 Å². The highest BCUT2D eigenvalue weighted by Gasteiger charge is 2.36. The number of halogens is 1. The molecule has 0 bridgehead atoms. The van der Waals surface area contributed by atoms with Crippen LogP contribution in [0.5, 0.6) is 0 Å². The van der Waals surface area contributed by atoms with Crippen LogP contribution in [-0.4, -0.2) is 47.2 Å². The monoisotopic (exact) mass is 469 g/mol. The Morgan fingerprint density at radius 1 is 1.35 bits per heavy atom. The number of hydrogen-bond acceptors (Lipinski definition) is 4. The van der Waals surface area contributed by atoms with Crippen LogP contribution in [0.25, 0.3) is 0 Å². The summed E-state index contributed by atoms with van der Waals surface area (Å²) in [5.41, 5.74) is 1.57. The predicted octanol–water partition coefficient (Wildman–Crippen LogP) is 3.17. The highest BCUT2D eigenvalue weighted by molar-refractivity contribution is 14.0. The predicted molar refractivity (Wildman–Crippen MR) is 114 cm³/mol. The van der Waals surface area contributed by atoms with Gasteiger partial charge in [-0.05, 0) is 25.8 Å². The molecule has 1 aromatic heterocycles. The lowest BCUT2D eigenvalue weighted by Gasteiger charge is -2.27. The molecule has 0 spiro atoms. The number of guanidine groups is 1. The molecule has 1 atom stereocenters. The molecule has 1 unspecified atom stereocenters. The molecule has 1 fully saturated rings. The highest BCUT2D eigenvalue weighted by Crippen LogP contribution is 2.33. The van der Waals surface area contributed by atoms with Crippen molar-refractivity contribution >= 4 is 29.9 Å². The Bertz CT molecular complexity index is 718. The van der Waals surface area contributed by atoms with E-state index < -0.39 is 0 Å². The minimum atomic E-state index is 0. The van der Waals surface area contributed by atoms with Crippen LogP contribution in [0.2, 0.25) is 0 Å². The van der Waals surface area contributed by atoms with E-state index in [1.165, 1.54) is 5.56 Å². The fourth-order valence-electron chi connectivity index (χ4n) is 3.34. The molecule has 0 radical (unpaired) electrons. The van der Waals surface area contributed by atoms with Crippen molar-refractivity contribution < 1.29 is 4.52 Å². The first-order valence-corrected chi connectivity index (χ1v) is 8.99. The van der Waals surface area contributed by atoms with Gasteiger partial charge in [0.15, 0.2) is 11.8 Å². The molecule has 1 aliphatic heterocycles. The lowest BCUT2D eigenvalue weighted by atomic mass is 9.82. The number of aryl methyl sites for hydroxylation is 1. The molecule has 142 valence electrons. The van der Waals surface area contributed by atoms with E-state index in [0.29, 0.717) is 24.7 Å². The van der Waals surface area contributed by atoms with Crippen molar-refractivity contribution in [3.8, 4) is 0 Å². The van der Waals surface area contributed by atoms with Crippen molar-refractivity contribution in [1.82, 2.24) is 20.4 Å². The van der Waals surface area contributed by atoms with Gasteiger partial charge in [0.05, 0.1) is 6.54 Å². The van der Waals surface area contributed by atoms with Crippen molar-refractivity contribution in [2.24, 2.45) is 4.99 Å². The summed E-state index contributed by atoms with van der Waals surface area (Å²) in [5.74, 6) is 2.29. The van der Waals surface area contributed by atoms with Crippen LogP contribution in [0.1, 0.15) is 37.5 Å². The average Bonchev–Trinajstić information content (AvgIpc) is 3.22. The van der Waals surface area contributed by atoms with Crippen molar-refractivity contribution in [2.75, 3.05) is 26.2 Å². The van der Waals surface area contributed by atoms with Crippen molar-refractivity contribution in [1.29, 1.82) is 0 Å². The summed E-state index contributed by atoms with van der Waals surface area (Å²) in [6.07, 6.45) is 1.80. The summed E-state index contributed by atoms with van der Waals surface area (Å²) >= 11 is 0. The van der Waals surface area contributed by atoms with Gasteiger partial charge in [-0.25, -0.2) is 0 Å². The van der Waals surface area contributed by atoms with Crippen LogP contribution in [-0.2, 0) is 11.8 Å².